The van der Waals surface area contributed by atoms with Crippen molar-refractivity contribution in [2.75, 3.05) is 0 Å². The van der Waals surface area contributed by atoms with Gasteiger partial charge in [-0.15, -0.1) is 0 Å². The van der Waals surface area contributed by atoms with Crippen molar-refractivity contribution in [3.05, 3.63) is 29.8 Å². The van der Waals surface area contributed by atoms with E-state index in [1.807, 2.05) is 24.6 Å². The number of hydrogen-bond donors (Lipinski definition) is 1. The maximum absolute atomic E-state index is 11.9. The van der Waals surface area contributed by atoms with Crippen LogP contribution in [0.5, 0.6) is 0 Å². The van der Waals surface area contributed by atoms with Gasteiger partial charge in [0.05, 0.1) is 16.5 Å². The van der Waals surface area contributed by atoms with Gasteiger partial charge in [0.15, 0.2) is 0 Å². The summed E-state index contributed by atoms with van der Waals surface area (Å²) in [5.41, 5.74) is 0.234. The van der Waals surface area contributed by atoms with E-state index in [0.29, 0.717) is 12.3 Å². The van der Waals surface area contributed by atoms with E-state index in [1.54, 1.807) is 0 Å². The lowest BCUT2D eigenvalue weighted by Crippen LogP contribution is -2.30. The molecular weight excluding hydrogens is 264 g/mol. The molecule has 19 heavy (non-hydrogen) atoms. The second kappa shape index (κ2) is 6.34. The first kappa shape index (κ1) is 15.2. The summed E-state index contributed by atoms with van der Waals surface area (Å²) in [6.07, 6.45) is 0.786. The van der Waals surface area contributed by atoms with Gasteiger partial charge in [-0.3, -0.25) is 4.79 Å². The zero-order valence-corrected chi connectivity index (χ0v) is 11.7. The van der Waals surface area contributed by atoms with Crippen LogP contribution in [0.25, 0.3) is 0 Å². The molecule has 0 aliphatic heterocycles. The number of sulfonamides is 1. The summed E-state index contributed by atoms with van der Waals surface area (Å²) in [4.78, 5) is 11.5. The topological polar surface area (TPSA) is 87.0 Å². The predicted octanol–water partition coefficient (Wildman–Crippen LogP) is 1.80. The zero-order valence-electron chi connectivity index (χ0n) is 10.9. The average molecular weight is 280 g/mol. The summed E-state index contributed by atoms with van der Waals surface area (Å²) in [6, 6.07) is 7.40. The van der Waals surface area contributed by atoms with Crippen molar-refractivity contribution in [3.8, 4) is 6.07 Å². The highest BCUT2D eigenvalue weighted by Gasteiger charge is 2.17. The molecule has 1 rings (SSSR count). The van der Waals surface area contributed by atoms with Gasteiger partial charge in [0, 0.05) is 6.42 Å². The summed E-state index contributed by atoms with van der Waals surface area (Å²) in [5.74, 6) is -0.202. The minimum Gasteiger partial charge on any atom is -0.274 e. The van der Waals surface area contributed by atoms with Gasteiger partial charge in [0.25, 0.3) is 10.0 Å². The number of nitriles is 1. The quantitative estimate of drug-likeness (QED) is 0.891. The van der Waals surface area contributed by atoms with Gasteiger partial charge in [-0.25, -0.2) is 13.1 Å². The number of amides is 1. The molecule has 0 saturated carbocycles. The molecule has 0 bridgehead atoms. The number of nitrogens with zero attached hydrogens (tertiary/aromatic N) is 1. The maximum Gasteiger partial charge on any atom is 0.264 e. The lowest BCUT2D eigenvalue weighted by molar-refractivity contribution is -0.119. The Morgan fingerprint density at radius 1 is 1.42 bits per heavy atom. The fourth-order valence-corrected chi connectivity index (χ4v) is 2.47. The van der Waals surface area contributed by atoms with Crippen molar-refractivity contribution in [1.82, 2.24) is 4.72 Å². The van der Waals surface area contributed by atoms with Crippen LogP contribution in [-0.2, 0) is 14.8 Å². The molecule has 0 heterocycles. The van der Waals surface area contributed by atoms with Crippen LogP contribution >= 0.6 is 0 Å². The van der Waals surface area contributed by atoms with Crippen molar-refractivity contribution < 1.29 is 13.2 Å². The number of benzene rings is 1. The summed E-state index contributed by atoms with van der Waals surface area (Å²) in [6.45, 7) is 3.91. The molecule has 1 N–H and O–H groups in total. The van der Waals surface area contributed by atoms with Gasteiger partial charge in [0.1, 0.15) is 0 Å². The molecule has 5 nitrogen and oxygen atoms in total. The lowest BCUT2D eigenvalue weighted by atomic mass is 10.1. The highest BCUT2D eigenvalue weighted by atomic mass is 32.2. The zero-order chi connectivity index (χ0) is 14.5. The van der Waals surface area contributed by atoms with Gasteiger partial charge in [0.2, 0.25) is 5.91 Å². The first-order valence-electron chi connectivity index (χ1n) is 5.91. The van der Waals surface area contributed by atoms with Crippen LogP contribution in [0.15, 0.2) is 29.2 Å². The number of carbonyl (C=O) groups excluding carboxylic acids is 1. The first-order valence-corrected chi connectivity index (χ1v) is 7.39. The number of rotatable bonds is 5. The molecule has 0 aliphatic carbocycles. The number of carbonyl (C=O) groups is 1. The van der Waals surface area contributed by atoms with Crippen LogP contribution in [0, 0.1) is 17.2 Å². The third kappa shape index (κ3) is 4.72. The predicted molar refractivity (Wildman–Crippen MR) is 70.6 cm³/mol. The summed E-state index contributed by atoms with van der Waals surface area (Å²) in [7, 11) is -3.89. The highest BCUT2D eigenvalue weighted by molar-refractivity contribution is 7.90. The van der Waals surface area contributed by atoms with E-state index >= 15 is 0 Å². The Bertz CT molecular complexity index is 601. The average Bonchev–Trinajstić information content (AvgIpc) is 2.36. The third-order valence-electron chi connectivity index (χ3n) is 2.47. The normalized spacial score (nSPS) is 11.1. The van der Waals surface area contributed by atoms with Gasteiger partial charge in [-0.2, -0.15) is 5.26 Å². The van der Waals surface area contributed by atoms with E-state index in [1.165, 1.54) is 24.3 Å². The monoisotopic (exact) mass is 280 g/mol. The molecule has 1 aromatic carbocycles. The molecule has 0 spiro atoms. The van der Waals surface area contributed by atoms with Crippen molar-refractivity contribution in [2.45, 2.75) is 31.6 Å². The molecule has 0 fully saturated rings. The molecule has 6 heteroatoms. The molecular formula is C13H16N2O3S. The Kier molecular flexibility index (Phi) is 5.07. The van der Waals surface area contributed by atoms with Crippen LogP contribution in [-0.4, -0.2) is 14.3 Å². The molecule has 0 aromatic heterocycles. The summed E-state index contributed by atoms with van der Waals surface area (Å²) in [5, 5.41) is 8.72. The molecule has 0 unspecified atom stereocenters. The first-order chi connectivity index (χ1) is 8.85. The largest absolute Gasteiger partial charge is 0.274 e. The fourth-order valence-electron chi connectivity index (χ4n) is 1.41. The van der Waals surface area contributed by atoms with E-state index in [-0.39, 0.29) is 16.9 Å². The standard InChI is InChI=1S/C13H16N2O3S/c1-10(2)6-7-13(16)15-19(17,18)12-5-3-4-11(8-12)9-14/h3-5,8,10H,6-7H2,1-2H3,(H,15,16). The van der Waals surface area contributed by atoms with Crippen molar-refractivity contribution in [2.24, 2.45) is 5.92 Å². The Morgan fingerprint density at radius 3 is 2.68 bits per heavy atom. The molecule has 0 radical (unpaired) electrons. The van der Waals surface area contributed by atoms with Crippen molar-refractivity contribution >= 4 is 15.9 Å². The van der Waals surface area contributed by atoms with E-state index in [4.69, 9.17) is 5.26 Å². The smallest absolute Gasteiger partial charge is 0.264 e. The summed E-state index contributed by atoms with van der Waals surface area (Å²) >= 11 is 0. The minimum absolute atomic E-state index is 0.0792. The lowest BCUT2D eigenvalue weighted by Gasteiger charge is -2.08. The van der Waals surface area contributed by atoms with Crippen molar-refractivity contribution in [1.29, 1.82) is 5.26 Å². The Balaban J connectivity index is 2.81. The minimum atomic E-state index is -3.89. The van der Waals surface area contributed by atoms with E-state index in [2.05, 4.69) is 0 Å². The van der Waals surface area contributed by atoms with E-state index in [9.17, 15) is 13.2 Å². The van der Waals surface area contributed by atoms with Gasteiger partial charge in [-0.1, -0.05) is 19.9 Å². The fraction of sp³-hybridized carbons (Fsp3) is 0.385. The van der Waals surface area contributed by atoms with E-state index in [0.717, 1.165) is 0 Å². The molecule has 0 aliphatic rings. The number of hydrogen-bond acceptors (Lipinski definition) is 4. The summed E-state index contributed by atoms with van der Waals surface area (Å²) < 4.78 is 25.8. The second-order valence-corrected chi connectivity index (χ2v) is 6.28. The molecule has 0 saturated heterocycles. The second-order valence-electron chi connectivity index (χ2n) is 4.60. The van der Waals surface area contributed by atoms with Gasteiger partial charge >= 0.3 is 0 Å². The van der Waals surface area contributed by atoms with Crippen LogP contribution < -0.4 is 4.72 Å². The molecule has 1 amide bonds. The molecule has 1 aromatic rings. The Labute approximate surface area is 113 Å². The van der Waals surface area contributed by atoms with Crippen LogP contribution in [0.2, 0.25) is 0 Å². The third-order valence-corrected chi connectivity index (χ3v) is 3.84. The Morgan fingerprint density at radius 2 is 2.11 bits per heavy atom. The van der Waals surface area contributed by atoms with Crippen LogP contribution in [0.4, 0.5) is 0 Å². The van der Waals surface area contributed by atoms with Gasteiger partial charge in [-0.05, 0) is 30.5 Å². The molecule has 0 atom stereocenters. The Hall–Kier alpha value is -1.87. The van der Waals surface area contributed by atoms with Crippen molar-refractivity contribution in [3.63, 3.8) is 0 Å². The molecule has 102 valence electrons. The van der Waals surface area contributed by atoms with E-state index < -0.39 is 15.9 Å². The van der Waals surface area contributed by atoms with Crippen LogP contribution in [0.3, 0.4) is 0 Å². The van der Waals surface area contributed by atoms with Crippen LogP contribution in [0.1, 0.15) is 32.3 Å². The maximum atomic E-state index is 11.9. The highest BCUT2D eigenvalue weighted by Crippen LogP contribution is 2.11. The SMILES string of the molecule is CC(C)CCC(=O)NS(=O)(=O)c1cccc(C#N)c1. The van der Waals surface area contributed by atoms with Gasteiger partial charge < -0.3 is 0 Å². The number of nitrogens with one attached hydrogen (secondary N) is 1.